The fourth-order valence-electron chi connectivity index (χ4n) is 2.36. The van der Waals surface area contributed by atoms with Gasteiger partial charge in [-0.1, -0.05) is 6.07 Å². The van der Waals surface area contributed by atoms with Crippen molar-refractivity contribution >= 4 is 10.0 Å². The van der Waals surface area contributed by atoms with Crippen LogP contribution in [-0.2, 0) is 23.1 Å². The molecular weight excluding hydrogens is 290 g/mol. The summed E-state index contributed by atoms with van der Waals surface area (Å²) in [5.74, 6) is 1.01. The summed E-state index contributed by atoms with van der Waals surface area (Å²) in [7, 11) is -3.60. The number of hydrogen-bond acceptors (Lipinski definition) is 5. The molecule has 1 aliphatic heterocycles. The minimum absolute atomic E-state index is 0.264. The summed E-state index contributed by atoms with van der Waals surface area (Å²) >= 11 is 0. The average Bonchev–Trinajstić information content (AvgIpc) is 3.05. The standard InChI is InChI=1S/C14H17N3O3S/c1-9-6-16-14(20-9)10(2)17-21(18,19)13-4-3-11-7-15-8-12(11)5-13/h3-6,10,15,17H,7-8H2,1-2H3. The van der Waals surface area contributed by atoms with E-state index in [2.05, 4.69) is 15.0 Å². The van der Waals surface area contributed by atoms with E-state index in [0.717, 1.165) is 17.7 Å². The van der Waals surface area contributed by atoms with Crippen LogP contribution in [0.4, 0.5) is 0 Å². The van der Waals surface area contributed by atoms with Gasteiger partial charge in [-0.25, -0.2) is 13.4 Å². The Bertz CT molecular complexity index is 768. The van der Waals surface area contributed by atoms with E-state index in [4.69, 9.17) is 4.42 Å². The molecule has 0 bridgehead atoms. The number of benzene rings is 1. The van der Waals surface area contributed by atoms with Gasteiger partial charge < -0.3 is 9.73 Å². The Hall–Kier alpha value is -1.70. The van der Waals surface area contributed by atoms with Gasteiger partial charge in [0.15, 0.2) is 0 Å². The Balaban J connectivity index is 1.83. The fraction of sp³-hybridized carbons (Fsp3) is 0.357. The maximum absolute atomic E-state index is 12.4. The number of nitrogens with one attached hydrogen (secondary N) is 2. The van der Waals surface area contributed by atoms with E-state index in [-0.39, 0.29) is 4.90 Å². The van der Waals surface area contributed by atoms with Crippen LogP contribution in [0.25, 0.3) is 0 Å². The number of rotatable bonds is 4. The minimum atomic E-state index is -3.60. The zero-order chi connectivity index (χ0) is 15.0. The molecule has 2 heterocycles. The molecule has 2 aromatic rings. The molecule has 0 saturated carbocycles. The topological polar surface area (TPSA) is 84.2 Å². The highest BCUT2D eigenvalue weighted by molar-refractivity contribution is 7.89. The first-order chi connectivity index (χ1) is 9.95. The van der Waals surface area contributed by atoms with Gasteiger partial charge in [0.05, 0.1) is 17.1 Å². The van der Waals surface area contributed by atoms with E-state index in [9.17, 15) is 8.42 Å². The summed E-state index contributed by atoms with van der Waals surface area (Å²) in [4.78, 5) is 4.31. The van der Waals surface area contributed by atoms with Crippen molar-refractivity contribution in [2.24, 2.45) is 0 Å². The van der Waals surface area contributed by atoms with Crippen molar-refractivity contribution in [3.63, 3.8) is 0 Å². The lowest BCUT2D eigenvalue weighted by Gasteiger charge is -2.12. The molecule has 0 aliphatic carbocycles. The SMILES string of the molecule is Cc1cnc(C(C)NS(=O)(=O)c2ccc3c(c2)CNC3)o1. The van der Waals surface area contributed by atoms with E-state index in [0.29, 0.717) is 18.2 Å². The first-order valence-corrected chi connectivity index (χ1v) is 8.21. The molecule has 1 aromatic carbocycles. The van der Waals surface area contributed by atoms with Crippen molar-refractivity contribution < 1.29 is 12.8 Å². The Morgan fingerprint density at radius 3 is 2.81 bits per heavy atom. The van der Waals surface area contributed by atoms with Gasteiger partial charge in [0.25, 0.3) is 0 Å². The quantitative estimate of drug-likeness (QED) is 0.897. The molecule has 2 N–H and O–H groups in total. The molecule has 112 valence electrons. The third-order valence-corrected chi connectivity index (χ3v) is 5.00. The third-order valence-electron chi connectivity index (χ3n) is 3.46. The first kappa shape index (κ1) is 14.2. The molecule has 1 aliphatic rings. The van der Waals surface area contributed by atoms with E-state index in [1.54, 1.807) is 32.2 Å². The van der Waals surface area contributed by atoms with E-state index in [1.807, 2.05) is 6.07 Å². The van der Waals surface area contributed by atoms with Crippen molar-refractivity contribution in [1.82, 2.24) is 15.0 Å². The maximum atomic E-state index is 12.4. The van der Waals surface area contributed by atoms with Crippen molar-refractivity contribution in [2.75, 3.05) is 0 Å². The second-order valence-electron chi connectivity index (χ2n) is 5.19. The molecule has 1 unspecified atom stereocenters. The number of fused-ring (bicyclic) bond motifs is 1. The predicted molar refractivity (Wildman–Crippen MR) is 77.0 cm³/mol. The summed E-state index contributed by atoms with van der Waals surface area (Å²) in [6, 6.07) is 4.67. The first-order valence-electron chi connectivity index (χ1n) is 6.73. The Kier molecular flexibility index (Phi) is 3.56. The smallest absolute Gasteiger partial charge is 0.241 e. The zero-order valence-corrected chi connectivity index (χ0v) is 12.7. The highest BCUT2D eigenvalue weighted by Gasteiger charge is 2.22. The Morgan fingerprint density at radius 2 is 2.10 bits per heavy atom. The molecule has 0 radical (unpaired) electrons. The normalized spacial score (nSPS) is 15.9. The lowest BCUT2D eigenvalue weighted by molar-refractivity contribution is 0.428. The fourth-order valence-corrected chi connectivity index (χ4v) is 3.61. The van der Waals surface area contributed by atoms with Gasteiger partial charge in [0.1, 0.15) is 5.76 Å². The van der Waals surface area contributed by atoms with Crippen molar-refractivity contribution in [1.29, 1.82) is 0 Å². The monoisotopic (exact) mass is 307 g/mol. The molecule has 21 heavy (non-hydrogen) atoms. The van der Waals surface area contributed by atoms with E-state index < -0.39 is 16.1 Å². The van der Waals surface area contributed by atoms with Crippen molar-refractivity contribution in [2.45, 2.75) is 37.9 Å². The molecule has 6 nitrogen and oxygen atoms in total. The second-order valence-corrected chi connectivity index (χ2v) is 6.90. The average molecular weight is 307 g/mol. The zero-order valence-electron chi connectivity index (χ0n) is 11.9. The van der Waals surface area contributed by atoms with Gasteiger partial charge in [-0.2, -0.15) is 4.72 Å². The molecule has 1 aromatic heterocycles. The highest BCUT2D eigenvalue weighted by Crippen LogP contribution is 2.22. The maximum Gasteiger partial charge on any atom is 0.241 e. The van der Waals surface area contributed by atoms with Gasteiger partial charge >= 0.3 is 0 Å². The summed E-state index contributed by atoms with van der Waals surface area (Å²) < 4.78 is 32.8. The van der Waals surface area contributed by atoms with Crippen LogP contribution in [-0.4, -0.2) is 13.4 Å². The molecule has 0 fully saturated rings. The molecule has 0 amide bonds. The van der Waals surface area contributed by atoms with Gasteiger partial charge in [-0.3, -0.25) is 0 Å². The molecule has 0 saturated heterocycles. The number of hydrogen-bond donors (Lipinski definition) is 2. The minimum Gasteiger partial charge on any atom is -0.444 e. The van der Waals surface area contributed by atoms with Crippen molar-refractivity contribution in [3.05, 3.63) is 47.2 Å². The predicted octanol–water partition coefficient (Wildman–Crippen LogP) is 1.63. The van der Waals surface area contributed by atoms with Crippen LogP contribution < -0.4 is 10.0 Å². The second kappa shape index (κ2) is 5.25. The van der Waals surface area contributed by atoms with E-state index in [1.165, 1.54) is 0 Å². The van der Waals surface area contributed by atoms with Gasteiger partial charge in [-0.05, 0) is 37.1 Å². The van der Waals surface area contributed by atoms with Crippen LogP contribution in [0.3, 0.4) is 0 Å². The molecule has 7 heteroatoms. The molecule has 3 rings (SSSR count). The molecule has 0 spiro atoms. The van der Waals surface area contributed by atoms with Crippen LogP contribution in [0.2, 0.25) is 0 Å². The lowest BCUT2D eigenvalue weighted by atomic mass is 10.1. The van der Waals surface area contributed by atoms with Crippen LogP contribution in [0, 0.1) is 6.92 Å². The number of aryl methyl sites for hydroxylation is 1. The van der Waals surface area contributed by atoms with Gasteiger partial charge in [0.2, 0.25) is 15.9 Å². The Morgan fingerprint density at radius 1 is 1.33 bits per heavy atom. The summed E-state index contributed by atoms with van der Waals surface area (Å²) in [5.41, 5.74) is 2.17. The summed E-state index contributed by atoms with van der Waals surface area (Å²) in [6.07, 6.45) is 1.57. The largest absolute Gasteiger partial charge is 0.444 e. The summed E-state index contributed by atoms with van der Waals surface area (Å²) in [6.45, 7) is 4.96. The van der Waals surface area contributed by atoms with Gasteiger partial charge in [-0.15, -0.1) is 0 Å². The van der Waals surface area contributed by atoms with Crippen LogP contribution in [0.5, 0.6) is 0 Å². The number of aromatic nitrogens is 1. The lowest BCUT2D eigenvalue weighted by Crippen LogP contribution is -2.27. The van der Waals surface area contributed by atoms with Crippen LogP contribution >= 0.6 is 0 Å². The van der Waals surface area contributed by atoms with Crippen molar-refractivity contribution in [3.8, 4) is 0 Å². The number of nitrogens with zero attached hydrogens (tertiary/aromatic N) is 1. The molecule has 1 atom stereocenters. The molecular formula is C14H17N3O3S. The summed E-state index contributed by atoms with van der Waals surface area (Å²) in [5, 5.41) is 3.20. The van der Waals surface area contributed by atoms with Crippen LogP contribution in [0.1, 0.15) is 35.7 Å². The number of oxazole rings is 1. The van der Waals surface area contributed by atoms with Crippen LogP contribution in [0.15, 0.2) is 33.7 Å². The Labute approximate surface area is 123 Å². The number of sulfonamides is 1. The van der Waals surface area contributed by atoms with Gasteiger partial charge in [0, 0.05) is 13.1 Å². The third kappa shape index (κ3) is 2.85. The van der Waals surface area contributed by atoms with E-state index >= 15 is 0 Å². The highest BCUT2D eigenvalue weighted by atomic mass is 32.2.